The highest BCUT2D eigenvalue weighted by molar-refractivity contribution is 7.07. The molecule has 170 valence electrons. The van der Waals surface area contributed by atoms with E-state index in [9.17, 15) is 9.59 Å². The molecule has 1 aliphatic heterocycles. The lowest BCUT2D eigenvalue weighted by Gasteiger charge is -2.24. The second kappa shape index (κ2) is 9.58. The van der Waals surface area contributed by atoms with Crippen LogP contribution in [0.3, 0.4) is 0 Å². The van der Waals surface area contributed by atoms with Crippen LogP contribution >= 0.6 is 11.3 Å². The van der Waals surface area contributed by atoms with Crippen molar-refractivity contribution in [1.29, 1.82) is 0 Å². The number of aromatic nitrogens is 1. The van der Waals surface area contributed by atoms with Gasteiger partial charge in [0.05, 0.1) is 35.1 Å². The number of hydrogen-bond donors (Lipinski definition) is 0. The second-order valence-corrected chi connectivity index (χ2v) is 8.69. The molecule has 2 heterocycles. The van der Waals surface area contributed by atoms with Crippen LogP contribution in [-0.4, -0.2) is 23.8 Å². The zero-order chi connectivity index (χ0) is 23.5. The molecule has 0 fully saturated rings. The van der Waals surface area contributed by atoms with E-state index in [0.29, 0.717) is 33.0 Å². The fourth-order valence-electron chi connectivity index (χ4n) is 3.88. The van der Waals surface area contributed by atoms with Gasteiger partial charge in [0.25, 0.3) is 5.56 Å². The van der Waals surface area contributed by atoms with Crippen LogP contribution in [-0.2, 0) is 9.53 Å². The van der Waals surface area contributed by atoms with E-state index in [-0.39, 0.29) is 12.2 Å². The molecule has 6 nitrogen and oxygen atoms in total. The Morgan fingerprint density at radius 3 is 2.52 bits per heavy atom. The van der Waals surface area contributed by atoms with Gasteiger partial charge in [0.15, 0.2) is 4.80 Å². The minimum Gasteiger partial charge on any atom is -0.493 e. The number of thiazole rings is 1. The second-order valence-electron chi connectivity index (χ2n) is 7.68. The van der Waals surface area contributed by atoms with Gasteiger partial charge in [0, 0.05) is 5.56 Å². The summed E-state index contributed by atoms with van der Waals surface area (Å²) in [5, 5.41) is 0. The van der Waals surface area contributed by atoms with Crippen molar-refractivity contribution in [3.8, 4) is 5.75 Å². The number of para-hydroxylation sites is 1. The molecule has 33 heavy (non-hydrogen) atoms. The Hall–Kier alpha value is -3.45. The summed E-state index contributed by atoms with van der Waals surface area (Å²) in [6, 6.07) is 14.8. The largest absolute Gasteiger partial charge is 0.493 e. The molecule has 0 bridgehead atoms. The average molecular weight is 463 g/mol. The summed E-state index contributed by atoms with van der Waals surface area (Å²) >= 11 is 1.30. The number of nitrogens with zero attached hydrogens (tertiary/aromatic N) is 2. The maximum Gasteiger partial charge on any atom is 0.338 e. The third kappa shape index (κ3) is 4.41. The maximum atomic E-state index is 13.6. The first-order valence-corrected chi connectivity index (χ1v) is 11.7. The Morgan fingerprint density at radius 2 is 1.82 bits per heavy atom. The van der Waals surface area contributed by atoms with Crippen LogP contribution in [0.25, 0.3) is 6.08 Å². The molecule has 0 saturated heterocycles. The van der Waals surface area contributed by atoms with Crippen LogP contribution in [0, 0.1) is 6.92 Å². The van der Waals surface area contributed by atoms with Gasteiger partial charge in [-0.05, 0) is 45.4 Å². The molecule has 3 aromatic rings. The maximum absolute atomic E-state index is 13.6. The van der Waals surface area contributed by atoms with Crippen molar-refractivity contribution in [2.24, 2.45) is 4.99 Å². The molecule has 1 aliphatic rings. The van der Waals surface area contributed by atoms with Gasteiger partial charge in [-0.1, -0.05) is 59.4 Å². The fraction of sp³-hybridized carbons (Fsp3) is 0.269. The first-order valence-electron chi connectivity index (χ1n) is 10.9. The normalized spacial score (nSPS) is 15.8. The molecule has 1 aromatic heterocycles. The van der Waals surface area contributed by atoms with E-state index < -0.39 is 12.0 Å². The van der Waals surface area contributed by atoms with Crippen molar-refractivity contribution in [3.05, 3.63) is 96.2 Å². The number of hydrogen-bond acceptors (Lipinski definition) is 6. The number of esters is 1. The van der Waals surface area contributed by atoms with Gasteiger partial charge in [-0.2, -0.15) is 0 Å². The Labute approximate surface area is 196 Å². The van der Waals surface area contributed by atoms with Crippen molar-refractivity contribution < 1.29 is 14.3 Å². The van der Waals surface area contributed by atoms with Crippen LogP contribution in [0.15, 0.2) is 69.6 Å². The molecule has 2 aromatic carbocycles. The molecule has 0 aliphatic carbocycles. The van der Waals surface area contributed by atoms with E-state index in [4.69, 9.17) is 9.47 Å². The number of carbonyl (C=O) groups excluding carboxylic acids is 1. The van der Waals surface area contributed by atoms with Gasteiger partial charge in [-0.15, -0.1) is 0 Å². The van der Waals surface area contributed by atoms with E-state index in [2.05, 4.69) is 4.99 Å². The lowest BCUT2D eigenvalue weighted by Crippen LogP contribution is -2.39. The van der Waals surface area contributed by atoms with Crippen molar-refractivity contribution in [2.75, 3.05) is 13.2 Å². The van der Waals surface area contributed by atoms with Crippen molar-refractivity contribution in [1.82, 2.24) is 4.57 Å². The number of fused-ring (bicyclic) bond motifs is 1. The minimum atomic E-state index is -0.606. The van der Waals surface area contributed by atoms with Crippen molar-refractivity contribution in [3.63, 3.8) is 0 Å². The number of benzene rings is 2. The van der Waals surface area contributed by atoms with Gasteiger partial charge in [0.2, 0.25) is 0 Å². The first kappa shape index (κ1) is 22.7. The molecule has 0 N–H and O–H groups in total. The Bertz CT molecular complexity index is 1400. The standard InChI is InChI=1S/C26H26N2O4S/c1-5-31-20-10-8-7-9-19(20)15-21-24(29)28-23(18-13-11-16(3)12-14-18)22(25(30)32-6-2)17(4)27-26(28)33-21/h7-15,23H,5-6H2,1-4H3/b21-15-/t23-/m1/s1. The van der Waals surface area contributed by atoms with E-state index in [0.717, 1.165) is 16.7 Å². The number of carbonyl (C=O) groups is 1. The highest BCUT2D eigenvalue weighted by Gasteiger charge is 2.33. The zero-order valence-corrected chi connectivity index (χ0v) is 19.9. The summed E-state index contributed by atoms with van der Waals surface area (Å²) < 4.78 is 13.2. The number of aryl methyl sites for hydroxylation is 1. The Balaban J connectivity index is 1.95. The fourth-order valence-corrected chi connectivity index (χ4v) is 4.92. The SMILES string of the molecule is CCOC(=O)C1=C(C)N=c2s/c(=C\c3ccccc3OCC)c(=O)n2[C@@H]1c1ccc(C)cc1. The molecular formula is C26H26N2O4S. The molecular weight excluding hydrogens is 436 g/mol. The average Bonchev–Trinajstić information content (AvgIpc) is 3.09. The summed E-state index contributed by atoms with van der Waals surface area (Å²) in [4.78, 5) is 31.7. The third-order valence-corrected chi connectivity index (χ3v) is 6.40. The smallest absolute Gasteiger partial charge is 0.338 e. The summed E-state index contributed by atoms with van der Waals surface area (Å²) in [6.07, 6.45) is 1.82. The highest BCUT2D eigenvalue weighted by atomic mass is 32.1. The summed E-state index contributed by atoms with van der Waals surface area (Å²) in [6.45, 7) is 8.25. The van der Waals surface area contributed by atoms with Crippen LogP contribution in [0.5, 0.6) is 5.75 Å². The van der Waals surface area contributed by atoms with Crippen molar-refractivity contribution in [2.45, 2.75) is 33.7 Å². The molecule has 7 heteroatoms. The molecule has 4 rings (SSSR count). The highest BCUT2D eigenvalue weighted by Crippen LogP contribution is 2.30. The summed E-state index contributed by atoms with van der Waals surface area (Å²) in [5.74, 6) is 0.254. The Morgan fingerprint density at radius 1 is 1.09 bits per heavy atom. The number of ether oxygens (including phenoxy) is 2. The third-order valence-electron chi connectivity index (χ3n) is 5.42. The van der Waals surface area contributed by atoms with Gasteiger partial charge < -0.3 is 9.47 Å². The molecule has 0 radical (unpaired) electrons. The van der Waals surface area contributed by atoms with Gasteiger partial charge in [-0.25, -0.2) is 9.79 Å². The monoisotopic (exact) mass is 462 g/mol. The predicted octanol–water partition coefficient (Wildman–Crippen LogP) is 3.51. The number of allylic oxidation sites excluding steroid dienone is 1. The van der Waals surface area contributed by atoms with E-state index in [1.54, 1.807) is 18.4 Å². The van der Waals surface area contributed by atoms with Crippen LogP contribution in [0.4, 0.5) is 0 Å². The predicted molar refractivity (Wildman–Crippen MR) is 129 cm³/mol. The molecule has 0 saturated carbocycles. The van der Waals surface area contributed by atoms with Gasteiger partial charge in [0.1, 0.15) is 5.75 Å². The van der Waals surface area contributed by atoms with E-state index >= 15 is 0 Å². The number of rotatable bonds is 6. The van der Waals surface area contributed by atoms with E-state index in [1.807, 2.05) is 68.5 Å². The molecule has 0 spiro atoms. The minimum absolute atomic E-state index is 0.204. The first-order chi connectivity index (χ1) is 15.9. The lowest BCUT2D eigenvalue weighted by atomic mass is 9.95. The molecule has 0 unspecified atom stereocenters. The van der Waals surface area contributed by atoms with Crippen LogP contribution in [0.1, 0.15) is 43.5 Å². The van der Waals surface area contributed by atoms with Crippen LogP contribution < -0.4 is 19.6 Å². The zero-order valence-electron chi connectivity index (χ0n) is 19.1. The topological polar surface area (TPSA) is 69.9 Å². The summed E-state index contributed by atoms with van der Waals surface area (Å²) in [7, 11) is 0. The Kier molecular flexibility index (Phi) is 6.60. The lowest BCUT2D eigenvalue weighted by molar-refractivity contribution is -0.139. The summed E-state index contributed by atoms with van der Waals surface area (Å²) in [5.41, 5.74) is 3.48. The van der Waals surface area contributed by atoms with E-state index in [1.165, 1.54) is 11.3 Å². The quantitative estimate of drug-likeness (QED) is 0.526. The molecule has 1 atom stereocenters. The molecule has 0 amide bonds. The van der Waals surface area contributed by atoms with Crippen LogP contribution in [0.2, 0.25) is 0 Å². The van der Waals surface area contributed by atoms with Crippen molar-refractivity contribution >= 4 is 23.4 Å². The van der Waals surface area contributed by atoms with Gasteiger partial charge >= 0.3 is 5.97 Å². The van der Waals surface area contributed by atoms with Gasteiger partial charge in [-0.3, -0.25) is 9.36 Å².